The summed E-state index contributed by atoms with van der Waals surface area (Å²) in [5.41, 5.74) is 1.95. The van der Waals surface area contributed by atoms with Crippen LogP contribution in [0.15, 0.2) is 42.5 Å². The Kier molecular flexibility index (Phi) is 5.11. The summed E-state index contributed by atoms with van der Waals surface area (Å²) >= 11 is 13.7. The highest BCUT2D eigenvalue weighted by molar-refractivity contribution is 7.17. The fourth-order valence-corrected chi connectivity index (χ4v) is 3.70. The van der Waals surface area contributed by atoms with Crippen LogP contribution < -0.4 is 4.74 Å². The summed E-state index contributed by atoms with van der Waals surface area (Å²) in [6, 6.07) is 13.2. The molecule has 0 fully saturated rings. The molecule has 0 atom stereocenters. The van der Waals surface area contributed by atoms with Gasteiger partial charge in [0.05, 0.1) is 7.11 Å². The third kappa shape index (κ3) is 3.98. The molecule has 0 bridgehead atoms. The number of hydrogen-bond acceptors (Lipinski definition) is 5. The van der Waals surface area contributed by atoms with Crippen molar-refractivity contribution in [3.63, 3.8) is 0 Å². The number of ether oxygens (including phenoxy) is 1. The molecule has 0 amide bonds. The van der Waals surface area contributed by atoms with Crippen LogP contribution in [0.2, 0.25) is 10.0 Å². The molecule has 4 rings (SSSR count). The Labute approximate surface area is 169 Å². The molecule has 0 unspecified atom stereocenters. The zero-order valence-electron chi connectivity index (χ0n) is 14.3. The molecule has 136 valence electrons. The topological polar surface area (TPSA) is 52.3 Å². The van der Waals surface area contributed by atoms with Crippen molar-refractivity contribution in [2.45, 2.75) is 6.42 Å². The fraction of sp³-hybridized carbons (Fsp3) is 0.105. The van der Waals surface area contributed by atoms with Crippen LogP contribution in [0, 0.1) is 0 Å². The van der Waals surface area contributed by atoms with Crippen LogP contribution in [0.1, 0.15) is 22.0 Å². The number of hydrogen-bond donors (Lipinski definition) is 0. The lowest BCUT2D eigenvalue weighted by Gasteiger charge is -2.01. The molecule has 0 radical (unpaired) electrons. The molecule has 0 saturated carbocycles. The third-order valence-corrected chi connectivity index (χ3v) is 5.40. The average molecular weight is 417 g/mol. The molecule has 0 saturated heterocycles. The van der Waals surface area contributed by atoms with Gasteiger partial charge in [-0.15, -0.1) is 10.2 Å². The van der Waals surface area contributed by atoms with E-state index in [0.717, 1.165) is 32.7 Å². The highest BCUT2D eigenvalue weighted by Crippen LogP contribution is 2.24. The van der Waals surface area contributed by atoms with E-state index in [9.17, 15) is 0 Å². The average Bonchev–Trinajstić information content (AvgIpc) is 3.24. The fourth-order valence-electron chi connectivity index (χ4n) is 2.58. The van der Waals surface area contributed by atoms with Gasteiger partial charge < -0.3 is 4.74 Å². The summed E-state index contributed by atoms with van der Waals surface area (Å²) in [5.74, 6) is 1.61. The van der Waals surface area contributed by atoms with Gasteiger partial charge in [0.25, 0.3) is 0 Å². The van der Waals surface area contributed by atoms with Gasteiger partial charge in [0, 0.05) is 16.5 Å². The summed E-state index contributed by atoms with van der Waals surface area (Å²) in [6.07, 6.45) is 4.43. The second-order valence-electron chi connectivity index (χ2n) is 5.77. The normalized spacial score (nSPS) is 11.5. The molecule has 8 heteroatoms. The standard InChI is InChI=1S/C19H14Cl2N4OS/c1-26-15-6-2-12(3-7-15)10-17-22-23-19-25(17)24-18(27-19)9-4-13-11-14(20)5-8-16(13)21/h2-9,11H,10H2,1H3/b9-4+. The summed E-state index contributed by atoms with van der Waals surface area (Å²) in [7, 11) is 1.65. The second-order valence-corrected chi connectivity index (χ2v) is 7.61. The Morgan fingerprint density at radius 2 is 1.89 bits per heavy atom. The molecule has 27 heavy (non-hydrogen) atoms. The Hall–Kier alpha value is -2.41. The van der Waals surface area contributed by atoms with E-state index in [1.165, 1.54) is 11.3 Å². The summed E-state index contributed by atoms with van der Waals surface area (Å²) in [5, 5.41) is 15.1. The number of methoxy groups -OCH3 is 1. The Morgan fingerprint density at radius 1 is 1.07 bits per heavy atom. The second kappa shape index (κ2) is 7.68. The van der Waals surface area contributed by atoms with Gasteiger partial charge in [-0.3, -0.25) is 0 Å². The van der Waals surface area contributed by atoms with Crippen molar-refractivity contribution < 1.29 is 4.74 Å². The first kappa shape index (κ1) is 18.0. The monoisotopic (exact) mass is 416 g/mol. The number of rotatable bonds is 5. The molecule has 4 aromatic rings. The van der Waals surface area contributed by atoms with Crippen LogP contribution in [0.5, 0.6) is 5.75 Å². The van der Waals surface area contributed by atoms with E-state index in [4.69, 9.17) is 27.9 Å². The van der Waals surface area contributed by atoms with Gasteiger partial charge in [0.2, 0.25) is 4.96 Å². The Bertz CT molecular complexity index is 1120. The van der Waals surface area contributed by atoms with E-state index in [-0.39, 0.29) is 0 Å². The van der Waals surface area contributed by atoms with E-state index < -0.39 is 0 Å². The lowest BCUT2D eigenvalue weighted by Crippen LogP contribution is -1.97. The molecule has 0 aliphatic carbocycles. The molecule has 2 heterocycles. The van der Waals surface area contributed by atoms with Crippen molar-refractivity contribution in [1.82, 2.24) is 19.8 Å². The van der Waals surface area contributed by atoms with Crippen LogP contribution in [0.4, 0.5) is 0 Å². The van der Waals surface area contributed by atoms with Crippen molar-refractivity contribution in [2.24, 2.45) is 0 Å². The van der Waals surface area contributed by atoms with Crippen molar-refractivity contribution in [3.05, 3.63) is 74.5 Å². The minimum atomic E-state index is 0.637. The number of nitrogens with zero attached hydrogens (tertiary/aromatic N) is 4. The van der Waals surface area contributed by atoms with Crippen LogP contribution >= 0.6 is 34.5 Å². The van der Waals surface area contributed by atoms with Gasteiger partial charge in [0.1, 0.15) is 10.8 Å². The smallest absolute Gasteiger partial charge is 0.234 e. The van der Waals surface area contributed by atoms with Crippen molar-refractivity contribution in [3.8, 4) is 5.75 Å². The molecule has 0 aliphatic rings. The zero-order valence-corrected chi connectivity index (χ0v) is 16.6. The minimum absolute atomic E-state index is 0.637. The van der Waals surface area contributed by atoms with Crippen LogP contribution in [0.3, 0.4) is 0 Å². The first-order valence-electron chi connectivity index (χ1n) is 8.09. The molecular weight excluding hydrogens is 403 g/mol. The maximum atomic E-state index is 6.19. The molecule has 2 aromatic heterocycles. The highest BCUT2D eigenvalue weighted by atomic mass is 35.5. The third-order valence-electron chi connectivity index (χ3n) is 3.96. The molecule has 5 nitrogen and oxygen atoms in total. The lowest BCUT2D eigenvalue weighted by molar-refractivity contribution is 0.414. The lowest BCUT2D eigenvalue weighted by atomic mass is 10.1. The molecular formula is C19H14Cl2N4OS. The predicted octanol–water partition coefficient (Wildman–Crippen LogP) is 5.26. The number of aromatic nitrogens is 4. The van der Waals surface area contributed by atoms with E-state index in [1.54, 1.807) is 23.8 Å². The largest absolute Gasteiger partial charge is 0.497 e. The van der Waals surface area contributed by atoms with E-state index in [1.807, 2.05) is 42.5 Å². The van der Waals surface area contributed by atoms with Gasteiger partial charge >= 0.3 is 0 Å². The van der Waals surface area contributed by atoms with Crippen LogP contribution in [0.25, 0.3) is 17.1 Å². The van der Waals surface area contributed by atoms with Crippen LogP contribution in [-0.4, -0.2) is 26.9 Å². The van der Waals surface area contributed by atoms with E-state index in [2.05, 4.69) is 15.3 Å². The van der Waals surface area contributed by atoms with E-state index in [0.29, 0.717) is 16.5 Å². The van der Waals surface area contributed by atoms with E-state index >= 15 is 0 Å². The summed E-state index contributed by atoms with van der Waals surface area (Å²) in [6.45, 7) is 0. The van der Waals surface area contributed by atoms with Gasteiger partial charge in [-0.1, -0.05) is 52.7 Å². The first-order chi connectivity index (χ1) is 13.1. The first-order valence-corrected chi connectivity index (χ1v) is 9.67. The van der Waals surface area contributed by atoms with Gasteiger partial charge in [-0.2, -0.15) is 9.61 Å². The van der Waals surface area contributed by atoms with Crippen molar-refractivity contribution >= 4 is 51.7 Å². The zero-order chi connectivity index (χ0) is 18.8. The number of benzene rings is 2. The molecule has 0 aliphatic heterocycles. The highest BCUT2D eigenvalue weighted by Gasteiger charge is 2.11. The molecule has 2 aromatic carbocycles. The van der Waals surface area contributed by atoms with Gasteiger partial charge in [-0.25, -0.2) is 0 Å². The van der Waals surface area contributed by atoms with Gasteiger partial charge in [-0.05, 0) is 47.5 Å². The van der Waals surface area contributed by atoms with Gasteiger partial charge in [0.15, 0.2) is 5.82 Å². The number of fused-ring (bicyclic) bond motifs is 1. The number of halogens is 2. The Morgan fingerprint density at radius 3 is 2.67 bits per heavy atom. The summed E-state index contributed by atoms with van der Waals surface area (Å²) in [4.78, 5) is 0.746. The SMILES string of the molecule is COc1ccc(Cc2nnc3sc(/C=C/c4cc(Cl)ccc4Cl)nn23)cc1. The predicted molar refractivity (Wildman–Crippen MR) is 110 cm³/mol. The Balaban J connectivity index is 1.58. The van der Waals surface area contributed by atoms with Crippen molar-refractivity contribution in [2.75, 3.05) is 7.11 Å². The maximum Gasteiger partial charge on any atom is 0.234 e. The maximum absolute atomic E-state index is 6.19. The quantitative estimate of drug-likeness (QED) is 0.444. The van der Waals surface area contributed by atoms with Crippen LogP contribution in [-0.2, 0) is 6.42 Å². The summed E-state index contributed by atoms with van der Waals surface area (Å²) < 4.78 is 6.96. The minimum Gasteiger partial charge on any atom is -0.497 e. The molecule has 0 N–H and O–H groups in total. The van der Waals surface area contributed by atoms with Crippen molar-refractivity contribution in [1.29, 1.82) is 0 Å². The molecule has 0 spiro atoms.